The lowest BCUT2D eigenvalue weighted by molar-refractivity contribution is 0.309. The molecule has 5 rings (SSSR count). The maximum atomic E-state index is 5.51. The Morgan fingerprint density at radius 2 is 1.58 bits per heavy atom. The van der Waals surface area contributed by atoms with Crippen LogP contribution in [0.1, 0.15) is 11.5 Å². The van der Waals surface area contributed by atoms with E-state index in [1.54, 1.807) is 14.2 Å². The highest BCUT2D eigenvalue weighted by atomic mass is 16.5. The van der Waals surface area contributed by atoms with Gasteiger partial charge in [0.15, 0.2) is 11.6 Å². The second-order valence-corrected chi connectivity index (χ2v) is 7.54. The lowest BCUT2D eigenvalue weighted by atomic mass is 10.0. The van der Waals surface area contributed by atoms with Gasteiger partial charge in [0.05, 0.1) is 32.1 Å². The third-order valence-electron chi connectivity index (χ3n) is 5.50. The van der Waals surface area contributed by atoms with Crippen molar-refractivity contribution < 1.29 is 9.47 Å². The molecule has 156 valence electrons. The summed E-state index contributed by atoms with van der Waals surface area (Å²) in [5, 5.41) is 9.01. The molecular formula is C24H23N5O2. The van der Waals surface area contributed by atoms with Gasteiger partial charge in [0.2, 0.25) is 5.88 Å². The van der Waals surface area contributed by atoms with Gasteiger partial charge in [0.1, 0.15) is 5.75 Å². The first kappa shape index (κ1) is 19.3. The van der Waals surface area contributed by atoms with Crippen LogP contribution in [0, 0.1) is 0 Å². The summed E-state index contributed by atoms with van der Waals surface area (Å²) in [4.78, 5) is 6.85. The molecule has 0 saturated heterocycles. The molecule has 31 heavy (non-hydrogen) atoms. The Kier molecular flexibility index (Phi) is 4.88. The quantitative estimate of drug-likeness (QED) is 0.505. The molecular weight excluding hydrogens is 390 g/mol. The van der Waals surface area contributed by atoms with E-state index in [4.69, 9.17) is 9.47 Å². The molecule has 7 heteroatoms. The number of hydrogen-bond donors (Lipinski definition) is 0. The number of aromatic nitrogens is 4. The molecule has 4 aromatic rings. The van der Waals surface area contributed by atoms with E-state index in [1.807, 2.05) is 30.3 Å². The van der Waals surface area contributed by atoms with Crippen molar-refractivity contribution in [2.75, 3.05) is 21.3 Å². The minimum Gasteiger partial charge on any atom is -0.496 e. The van der Waals surface area contributed by atoms with Crippen LogP contribution in [0.25, 0.3) is 28.2 Å². The van der Waals surface area contributed by atoms with Crippen molar-refractivity contribution >= 4 is 0 Å². The SMILES string of the molecule is COc1ccc2c(n1)CN(C)Cc1nnc(-c3ccc(-c4ccccc4OC)cc3)n1-2. The molecule has 0 radical (unpaired) electrons. The number of benzene rings is 2. The minimum atomic E-state index is 0.603. The number of hydrogen-bond acceptors (Lipinski definition) is 6. The van der Waals surface area contributed by atoms with Gasteiger partial charge in [-0.2, -0.15) is 0 Å². The summed E-state index contributed by atoms with van der Waals surface area (Å²) in [5.74, 6) is 3.14. The van der Waals surface area contributed by atoms with E-state index < -0.39 is 0 Å². The molecule has 0 aliphatic carbocycles. The molecule has 0 spiro atoms. The van der Waals surface area contributed by atoms with Gasteiger partial charge >= 0.3 is 0 Å². The van der Waals surface area contributed by atoms with Crippen LogP contribution in [-0.4, -0.2) is 45.9 Å². The minimum absolute atomic E-state index is 0.603. The second-order valence-electron chi connectivity index (χ2n) is 7.54. The smallest absolute Gasteiger partial charge is 0.213 e. The Labute approximate surface area is 180 Å². The fourth-order valence-electron chi connectivity index (χ4n) is 4.00. The summed E-state index contributed by atoms with van der Waals surface area (Å²) in [6, 6.07) is 20.2. The van der Waals surface area contributed by atoms with E-state index in [1.165, 1.54) is 0 Å². The lowest BCUT2D eigenvalue weighted by Crippen LogP contribution is -2.17. The molecule has 0 amide bonds. The Bertz CT molecular complexity index is 1230. The summed E-state index contributed by atoms with van der Waals surface area (Å²) >= 11 is 0. The maximum Gasteiger partial charge on any atom is 0.213 e. The van der Waals surface area contributed by atoms with Crippen molar-refractivity contribution in [3.63, 3.8) is 0 Å². The Hall–Kier alpha value is -3.71. The number of rotatable bonds is 4. The van der Waals surface area contributed by atoms with Crippen LogP contribution in [-0.2, 0) is 13.1 Å². The molecule has 0 fully saturated rings. The van der Waals surface area contributed by atoms with E-state index in [2.05, 4.69) is 62.0 Å². The molecule has 0 saturated carbocycles. The third-order valence-corrected chi connectivity index (χ3v) is 5.50. The molecule has 1 aliphatic rings. The van der Waals surface area contributed by atoms with Gasteiger partial charge < -0.3 is 9.47 Å². The molecule has 0 N–H and O–H groups in total. The number of methoxy groups -OCH3 is 2. The van der Waals surface area contributed by atoms with E-state index in [-0.39, 0.29) is 0 Å². The van der Waals surface area contributed by atoms with Crippen LogP contribution in [0.2, 0.25) is 0 Å². The van der Waals surface area contributed by atoms with Gasteiger partial charge in [-0.15, -0.1) is 10.2 Å². The molecule has 7 nitrogen and oxygen atoms in total. The highest BCUT2D eigenvalue weighted by molar-refractivity contribution is 5.73. The van der Waals surface area contributed by atoms with Gasteiger partial charge in [0, 0.05) is 23.7 Å². The van der Waals surface area contributed by atoms with Crippen LogP contribution in [0.3, 0.4) is 0 Å². The number of para-hydroxylation sites is 1. The average molecular weight is 413 g/mol. The molecule has 2 aromatic carbocycles. The fourth-order valence-corrected chi connectivity index (χ4v) is 4.00. The van der Waals surface area contributed by atoms with Gasteiger partial charge in [-0.05, 0) is 24.7 Å². The van der Waals surface area contributed by atoms with E-state index >= 15 is 0 Å². The standard InChI is InChI=1S/C24H23N5O2/c1-28-14-19-20(12-13-23(25-19)31-3)29-22(15-28)26-27-24(29)17-10-8-16(9-11-17)18-6-4-5-7-21(18)30-2/h4-13H,14-15H2,1-3H3. The first-order valence-electron chi connectivity index (χ1n) is 10.1. The number of nitrogens with zero attached hydrogens (tertiary/aromatic N) is 5. The van der Waals surface area contributed by atoms with Gasteiger partial charge in [-0.3, -0.25) is 9.47 Å². The van der Waals surface area contributed by atoms with E-state index in [0.717, 1.165) is 45.5 Å². The summed E-state index contributed by atoms with van der Waals surface area (Å²) in [6.45, 7) is 1.40. The Balaban J connectivity index is 1.59. The largest absolute Gasteiger partial charge is 0.496 e. The summed E-state index contributed by atoms with van der Waals surface area (Å²) in [6.07, 6.45) is 0. The normalized spacial score (nSPS) is 13.3. The highest BCUT2D eigenvalue weighted by Gasteiger charge is 2.24. The van der Waals surface area contributed by atoms with E-state index in [9.17, 15) is 0 Å². The summed E-state index contributed by atoms with van der Waals surface area (Å²) < 4.78 is 12.9. The summed E-state index contributed by atoms with van der Waals surface area (Å²) in [5.41, 5.74) is 5.05. The van der Waals surface area contributed by atoms with Crippen molar-refractivity contribution in [2.45, 2.75) is 13.1 Å². The van der Waals surface area contributed by atoms with Crippen molar-refractivity contribution in [3.8, 4) is 39.8 Å². The molecule has 3 heterocycles. The lowest BCUT2D eigenvalue weighted by Gasteiger charge is -2.13. The number of fused-ring (bicyclic) bond motifs is 3. The zero-order valence-corrected chi connectivity index (χ0v) is 17.7. The van der Waals surface area contributed by atoms with E-state index in [0.29, 0.717) is 19.0 Å². The topological polar surface area (TPSA) is 65.3 Å². The van der Waals surface area contributed by atoms with Gasteiger partial charge in [-0.25, -0.2) is 4.98 Å². The number of ether oxygens (including phenoxy) is 2. The van der Waals surface area contributed by atoms with Crippen LogP contribution < -0.4 is 9.47 Å². The van der Waals surface area contributed by atoms with Crippen molar-refractivity contribution in [2.24, 2.45) is 0 Å². The van der Waals surface area contributed by atoms with Gasteiger partial charge in [0.25, 0.3) is 0 Å². The predicted molar refractivity (Wildman–Crippen MR) is 118 cm³/mol. The predicted octanol–water partition coefficient (Wildman–Crippen LogP) is 3.96. The second kappa shape index (κ2) is 7.85. The maximum absolute atomic E-state index is 5.51. The molecule has 0 unspecified atom stereocenters. The first-order chi connectivity index (χ1) is 15.2. The average Bonchev–Trinajstić information content (AvgIpc) is 3.15. The third kappa shape index (κ3) is 3.43. The first-order valence-corrected chi connectivity index (χ1v) is 10.1. The van der Waals surface area contributed by atoms with Crippen molar-refractivity contribution in [1.82, 2.24) is 24.6 Å². The van der Waals surface area contributed by atoms with Crippen LogP contribution in [0.5, 0.6) is 11.6 Å². The Morgan fingerprint density at radius 3 is 2.35 bits per heavy atom. The van der Waals surface area contributed by atoms with Crippen molar-refractivity contribution in [3.05, 3.63) is 72.2 Å². The zero-order chi connectivity index (χ0) is 21.4. The Morgan fingerprint density at radius 1 is 0.806 bits per heavy atom. The summed E-state index contributed by atoms with van der Waals surface area (Å²) in [7, 11) is 5.38. The highest BCUT2D eigenvalue weighted by Crippen LogP contribution is 2.33. The zero-order valence-electron chi connectivity index (χ0n) is 17.7. The van der Waals surface area contributed by atoms with Crippen LogP contribution >= 0.6 is 0 Å². The van der Waals surface area contributed by atoms with Crippen LogP contribution in [0.4, 0.5) is 0 Å². The molecule has 0 atom stereocenters. The molecule has 0 bridgehead atoms. The number of pyridine rings is 1. The van der Waals surface area contributed by atoms with Crippen LogP contribution in [0.15, 0.2) is 60.7 Å². The fraction of sp³-hybridized carbons (Fsp3) is 0.208. The monoisotopic (exact) mass is 413 g/mol. The van der Waals surface area contributed by atoms with Crippen molar-refractivity contribution in [1.29, 1.82) is 0 Å². The molecule has 1 aliphatic heterocycles. The van der Waals surface area contributed by atoms with Gasteiger partial charge in [-0.1, -0.05) is 42.5 Å². The molecule has 2 aromatic heterocycles.